The third-order valence-electron chi connectivity index (χ3n) is 3.81. The minimum atomic E-state index is -0.505. The molecule has 0 saturated heterocycles. The van der Waals surface area contributed by atoms with Crippen LogP contribution in [-0.2, 0) is 6.42 Å². The molecule has 0 amide bonds. The van der Waals surface area contributed by atoms with E-state index in [-0.39, 0.29) is 5.69 Å². The van der Waals surface area contributed by atoms with Crippen molar-refractivity contribution in [2.24, 2.45) is 0 Å². The highest BCUT2D eigenvalue weighted by atomic mass is 16.6. The summed E-state index contributed by atoms with van der Waals surface area (Å²) >= 11 is 0. The van der Waals surface area contributed by atoms with Crippen molar-refractivity contribution >= 4 is 17.1 Å². The number of hydrogen-bond acceptors (Lipinski definition) is 6. The zero-order valence-electron chi connectivity index (χ0n) is 15.1. The topological polar surface area (TPSA) is 96.7 Å². The first-order chi connectivity index (χ1) is 12.5. The molecule has 2 aromatic rings. The quantitative estimate of drug-likeness (QED) is 0.342. The van der Waals surface area contributed by atoms with Gasteiger partial charge in [0.2, 0.25) is 0 Å². The molecule has 0 bridgehead atoms. The lowest BCUT2D eigenvalue weighted by molar-refractivity contribution is -0.383. The summed E-state index contributed by atoms with van der Waals surface area (Å²) in [6.45, 7) is 4.94. The normalized spacial score (nSPS) is 11.7. The number of nitrogens with zero attached hydrogens (tertiary/aromatic N) is 1. The molecule has 1 atom stereocenters. The van der Waals surface area contributed by atoms with Crippen molar-refractivity contribution in [3.05, 3.63) is 58.1 Å². The number of rotatable bonds is 10. The average molecular weight is 359 g/mol. The first-order valence-electron chi connectivity index (χ1n) is 8.65. The lowest BCUT2D eigenvalue weighted by atomic mass is 10.2. The van der Waals surface area contributed by atoms with Crippen LogP contribution in [0, 0.1) is 10.1 Å². The highest BCUT2D eigenvalue weighted by Gasteiger charge is 2.14. The molecule has 0 radical (unpaired) electrons. The number of hydrogen-bond donors (Lipinski definition) is 3. The fourth-order valence-corrected chi connectivity index (χ4v) is 2.39. The van der Waals surface area contributed by atoms with Crippen LogP contribution in [0.15, 0.2) is 42.5 Å². The van der Waals surface area contributed by atoms with Crippen LogP contribution in [0.5, 0.6) is 5.75 Å². The van der Waals surface area contributed by atoms with E-state index >= 15 is 0 Å². The van der Waals surface area contributed by atoms with E-state index in [1.54, 1.807) is 19.1 Å². The average Bonchev–Trinajstić information content (AvgIpc) is 2.64. The van der Waals surface area contributed by atoms with E-state index in [9.17, 15) is 15.2 Å². The van der Waals surface area contributed by atoms with Gasteiger partial charge in [0, 0.05) is 24.8 Å². The van der Waals surface area contributed by atoms with E-state index < -0.39 is 11.0 Å². The van der Waals surface area contributed by atoms with Crippen LogP contribution in [-0.4, -0.2) is 35.8 Å². The Morgan fingerprint density at radius 3 is 2.54 bits per heavy atom. The Hall–Kier alpha value is -2.80. The standard InChI is InChI=1S/C19H25N3O4/c1-3-15-4-7-17(8-5-15)26-11-10-20-18-12-16(21-13-14(2)23)6-9-19(18)22(24)25/h4-9,12,14,20-21,23H,3,10-11,13H2,1-2H3/t14-/m1/s1. The molecule has 0 saturated carbocycles. The molecule has 0 heterocycles. The lowest BCUT2D eigenvalue weighted by Crippen LogP contribution is -2.16. The monoisotopic (exact) mass is 359 g/mol. The minimum absolute atomic E-state index is 0.0000966. The Morgan fingerprint density at radius 2 is 1.92 bits per heavy atom. The number of nitro benzene ring substituents is 1. The van der Waals surface area contributed by atoms with Crippen LogP contribution in [0.1, 0.15) is 19.4 Å². The number of aliphatic hydroxyl groups is 1. The number of anilines is 2. The molecule has 0 aromatic heterocycles. The van der Waals surface area contributed by atoms with E-state index in [0.29, 0.717) is 31.1 Å². The predicted octanol–water partition coefficient (Wildman–Crippen LogP) is 3.44. The fraction of sp³-hybridized carbons (Fsp3) is 0.368. The Balaban J connectivity index is 1.93. The summed E-state index contributed by atoms with van der Waals surface area (Å²) < 4.78 is 5.66. The van der Waals surface area contributed by atoms with Gasteiger partial charge in [-0.15, -0.1) is 0 Å². The molecule has 0 aliphatic heterocycles. The van der Waals surface area contributed by atoms with Gasteiger partial charge in [-0.05, 0) is 43.2 Å². The molecule has 26 heavy (non-hydrogen) atoms. The van der Waals surface area contributed by atoms with Crippen LogP contribution in [0.2, 0.25) is 0 Å². The molecule has 0 aliphatic rings. The van der Waals surface area contributed by atoms with Crippen molar-refractivity contribution < 1.29 is 14.8 Å². The highest BCUT2D eigenvalue weighted by Crippen LogP contribution is 2.27. The molecule has 0 unspecified atom stereocenters. The second-order valence-corrected chi connectivity index (χ2v) is 5.99. The maximum Gasteiger partial charge on any atom is 0.292 e. The summed E-state index contributed by atoms with van der Waals surface area (Å²) in [7, 11) is 0. The Bertz CT molecular complexity index is 717. The van der Waals surface area contributed by atoms with Gasteiger partial charge in [-0.3, -0.25) is 10.1 Å². The van der Waals surface area contributed by atoms with Crippen LogP contribution in [0.25, 0.3) is 0 Å². The number of nitro groups is 1. The van der Waals surface area contributed by atoms with Crippen molar-refractivity contribution in [1.82, 2.24) is 0 Å². The van der Waals surface area contributed by atoms with Gasteiger partial charge < -0.3 is 20.5 Å². The van der Waals surface area contributed by atoms with E-state index in [2.05, 4.69) is 17.6 Å². The number of nitrogens with one attached hydrogen (secondary N) is 2. The van der Waals surface area contributed by atoms with Gasteiger partial charge in [0.1, 0.15) is 18.0 Å². The lowest BCUT2D eigenvalue weighted by Gasteiger charge is -2.12. The molecule has 0 spiro atoms. The highest BCUT2D eigenvalue weighted by molar-refractivity contribution is 5.68. The molecule has 3 N–H and O–H groups in total. The van der Waals surface area contributed by atoms with E-state index in [1.807, 2.05) is 24.3 Å². The number of aliphatic hydroxyl groups excluding tert-OH is 1. The molecule has 7 heteroatoms. The summed E-state index contributed by atoms with van der Waals surface area (Å²) in [6.07, 6.45) is 0.472. The Morgan fingerprint density at radius 1 is 1.19 bits per heavy atom. The first kappa shape index (κ1) is 19.5. The predicted molar refractivity (Wildman–Crippen MR) is 103 cm³/mol. The van der Waals surface area contributed by atoms with Crippen molar-refractivity contribution in [2.75, 3.05) is 30.3 Å². The van der Waals surface area contributed by atoms with Crippen molar-refractivity contribution in [2.45, 2.75) is 26.4 Å². The van der Waals surface area contributed by atoms with Gasteiger partial charge in [-0.25, -0.2) is 0 Å². The van der Waals surface area contributed by atoms with Gasteiger partial charge >= 0.3 is 0 Å². The Labute approximate surface area is 153 Å². The summed E-state index contributed by atoms with van der Waals surface area (Å²) in [4.78, 5) is 10.8. The zero-order chi connectivity index (χ0) is 18.9. The zero-order valence-corrected chi connectivity index (χ0v) is 15.1. The maximum absolute atomic E-state index is 11.2. The number of aryl methyl sites for hydroxylation is 1. The van der Waals surface area contributed by atoms with Gasteiger partial charge in [-0.2, -0.15) is 0 Å². The Kier molecular flexibility index (Phi) is 7.23. The summed E-state index contributed by atoms with van der Waals surface area (Å²) in [5.41, 5.74) is 2.36. The van der Waals surface area contributed by atoms with Crippen LogP contribution in [0.3, 0.4) is 0 Å². The van der Waals surface area contributed by atoms with Crippen LogP contribution in [0.4, 0.5) is 17.1 Å². The molecular weight excluding hydrogens is 334 g/mol. The van der Waals surface area contributed by atoms with E-state index in [1.165, 1.54) is 11.6 Å². The van der Waals surface area contributed by atoms with Gasteiger partial charge in [-0.1, -0.05) is 19.1 Å². The third-order valence-corrected chi connectivity index (χ3v) is 3.81. The van der Waals surface area contributed by atoms with Gasteiger partial charge in [0.05, 0.1) is 11.0 Å². The van der Waals surface area contributed by atoms with E-state index in [0.717, 1.165) is 12.2 Å². The third kappa shape index (κ3) is 5.93. The van der Waals surface area contributed by atoms with Crippen LogP contribution >= 0.6 is 0 Å². The van der Waals surface area contributed by atoms with E-state index in [4.69, 9.17) is 4.74 Å². The maximum atomic E-state index is 11.2. The summed E-state index contributed by atoms with van der Waals surface area (Å²) in [6, 6.07) is 12.6. The molecule has 2 aromatic carbocycles. The SMILES string of the molecule is CCc1ccc(OCCNc2cc(NC[C@@H](C)O)ccc2[N+](=O)[O-])cc1. The fourth-order valence-electron chi connectivity index (χ4n) is 2.39. The molecule has 2 rings (SSSR count). The number of ether oxygens (including phenoxy) is 1. The second kappa shape index (κ2) is 9.62. The molecular formula is C19H25N3O4. The molecule has 0 aliphatic carbocycles. The van der Waals surface area contributed by atoms with Crippen molar-refractivity contribution in [3.8, 4) is 5.75 Å². The van der Waals surface area contributed by atoms with Crippen LogP contribution < -0.4 is 15.4 Å². The summed E-state index contributed by atoms with van der Waals surface area (Å²) in [5, 5.41) is 26.6. The van der Waals surface area contributed by atoms with Crippen molar-refractivity contribution in [3.63, 3.8) is 0 Å². The second-order valence-electron chi connectivity index (χ2n) is 5.99. The van der Waals surface area contributed by atoms with Crippen molar-refractivity contribution in [1.29, 1.82) is 0 Å². The minimum Gasteiger partial charge on any atom is -0.492 e. The number of benzene rings is 2. The van der Waals surface area contributed by atoms with Gasteiger partial charge in [0.25, 0.3) is 5.69 Å². The first-order valence-corrected chi connectivity index (χ1v) is 8.65. The molecule has 0 fully saturated rings. The molecule has 7 nitrogen and oxygen atoms in total. The van der Waals surface area contributed by atoms with Gasteiger partial charge in [0.15, 0.2) is 0 Å². The summed E-state index contributed by atoms with van der Waals surface area (Å²) in [5.74, 6) is 0.769. The smallest absolute Gasteiger partial charge is 0.292 e. The largest absolute Gasteiger partial charge is 0.492 e. The molecule has 140 valence electrons.